The Morgan fingerprint density at radius 2 is 1.63 bits per heavy atom. The Hall–Kier alpha value is -4.01. The monoisotopic (exact) mass is 367 g/mol. The van der Waals surface area contributed by atoms with Gasteiger partial charge in [0.05, 0.1) is 4.92 Å². The summed E-state index contributed by atoms with van der Waals surface area (Å²) < 4.78 is 5.06. The minimum atomic E-state index is -0.858. The number of nitro benzene ring substituents is 1. The fourth-order valence-electron chi connectivity index (χ4n) is 2.42. The molecule has 1 heterocycles. The van der Waals surface area contributed by atoms with Crippen LogP contribution in [-0.4, -0.2) is 16.7 Å². The van der Waals surface area contributed by atoms with Gasteiger partial charge in [-0.05, 0) is 36.4 Å². The molecule has 0 aliphatic heterocycles. The van der Waals surface area contributed by atoms with E-state index >= 15 is 0 Å². The average Bonchev–Trinajstić information content (AvgIpc) is 2.61. The molecule has 0 atom stereocenters. The summed E-state index contributed by atoms with van der Waals surface area (Å²) in [6.45, 7) is 1.37. The lowest BCUT2D eigenvalue weighted by molar-refractivity contribution is -0.384. The van der Waals surface area contributed by atoms with E-state index in [9.17, 15) is 24.5 Å². The molecule has 3 rings (SSSR count). The van der Waals surface area contributed by atoms with E-state index in [1.54, 1.807) is 24.3 Å². The number of amides is 2. The van der Waals surface area contributed by atoms with Crippen molar-refractivity contribution in [3.8, 4) is 0 Å². The van der Waals surface area contributed by atoms with Crippen LogP contribution in [0, 0.1) is 10.1 Å². The molecular formula is C18H13N3O6. The summed E-state index contributed by atoms with van der Waals surface area (Å²) in [6, 6.07) is 11.3. The van der Waals surface area contributed by atoms with E-state index in [4.69, 9.17) is 4.42 Å². The van der Waals surface area contributed by atoms with Crippen molar-refractivity contribution >= 4 is 39.8 Å². The third kappa shape index (κ3) is 3.98. The Morgan fingerprint density at radius 3 is 2.22 bits per heavy atom. The number of nitrogens with one attached hydrogen (secondary N) is 2. The van der Waals surface area contributed by atoms with Crippen molar-refractivity contribution in [3.05, 3.63) is 74.6 Å². The van der Waals surface area contributed by atoms with Gasteiger partial charge >= 0.3 is 5.63 Å². The number of non-ortho nitro benzene ring substituents is 1. The SMILES string of the molecule is CC(=O)Nc1ccc(NC(=O)c2cc3cc([N+](=O)[O-])ccc3oc2=O)cc1. The Balaban J connectivity index is 1.88. The highest BCUT2D eigenvalue weighted by Crippen LogP contribution is 2.21. The normalized spacial score (nSPS) is 10.4. The first-order chi connectivity index (χ1) is 12.8. The first-order valence-corrected chi connectivity index (χ1v) is 7.75. The van der Waals surface area contributed by atoms with Gasteiger partial charge in [-0.1, -0.05) is 0 Å². The lowest BCUT2D eigenvalue weighted by Crippen LogP contribution is -2.20. The van der Waals surface area contributed by atoms with Crippen molar-refractivity contribution in [1.29, 1.82) is 0 Å². The number of rotatable bonds is 4. The van der Waals surface area contributed by atoms with Crippen LogP contribution in [0.4, 0.5) is 17.1 Å². The first-order valence-electron chi connectivity index (χ1n) is 7.75. The zero-order valence-electron chi connectivity index (χ0n) is 14.0. The number of anilines is 2. The van der Waals surface area contributed by atoms with E-state index in [1.807, 2.05) is 0 Å². The van der Waals surface area contributed by atoms with Gasteiger partial charge in [-0.25, -0.2) is 4.79 Å². The molecule has 2 N–H and O–H groups in total. The Bertz CT molecular complexity index is 1120. The van der Waals surface area contributed by atoms with Crippen molar-refractivity contribution < 1.29 is 18.9 Å². The highest BCUT2D eigenvalue weighted by molar-refractivity contribution is 6.05. The summed E-state index contributed by atoms with van der Waals surface area (Å²) in [5.74, 6) is -0.945. The smallest absolute Gasteiger partial charge is 0.349 e. The molecule has 0 spiro atoms. The van der Waals surface area contributed by atoms with Crippen LogP contribution in [0.15, 0.2) is 57.7 Å². The molecule has 0 saturated heterocycles. The van der Waals surface area contributed by atoms with Crippen LogP contribution < -0.4 is 16.3 Å². The summed E-state index contributed by atoms with van der Waals surface area (Å²) in [5.41, 5.74) is -0.235. The predicted octanol–water partition coefficient (Wildman–Crippen LogP) is 2.91. The topological polar surface area (TPSA) is 132 Å². The number of nitro groups is 1. The van der Waals surface area contributed by atoms with Crippen molar-refractivity contribution in [3.63, 3.8) is 0 Å². The molecule has 0 bridgehead atoms. The molecule has 3 aromatic rings. The average molecular weight is 367 g/mol. The molecule has 0 saturated carbocycles. The highest BCUT2D eigenvalue weighted by atomic mass is 16.6. The van der Waals surface area contributed by atoms with Gasteiger partial charge in [0.2, 0.25) is 5.91 Å². The van der Waals surface area contributed by atoms with Crippen LogP contribution in [0.2, 0.25) is 0 Å². The van der Waals surface area contributed by atoms with Crippen LogP contribution in [0.5, 0.6) is 0 Å². The second-order valence-corrected chi connectivity index (χ2v) is 5.64. The van der Waals surface area contributed by atoms with E-state index in [-0.39, 0.29) is 28.1 Å². The van der Waals surface area contributed by atoms with Gasteiger partial charge in [-0.3, -0.25) is 19.7 Å². The molecule has 136 valence electrons. The van der Waals surface area contributed by atoms with Gasteiger partial charge in [-0.2, -0.15) is 0 Å². The summed E-state index contributed by atoms with van der Waals surface area (Å²) in [7, 11) is 0. The number of benzene rings is 2. The zero-order valence-corrected chi connectivity index (χ0v) is 14.0. The minimum absolute atomic E-state index is 0.141. The molecule has 0 aliphatic carbocycles. The summed E-state index contributed by atoms with van der Waals surface area (Å²) in [5, 5.41) is 16.3. The molecule has 0 radical (unpaired) electrons. The fraction of sp³-hybridized carbons (Fsp3) is 0.0556. The molecule has 1 aromatic heterocycles. The lowest BCUT2D eigenvalue weighted by Gasteiger charge is -2.07. The molecule has 9 nitrogen and oxygen atoms in total. The molecule has 2 aromatic carbocycles. The highest BCUT2D eigenvalue weighted by Gasteiger charge is 2.16. The Morgan fingerprint density at radius 1 is 1.00 bits per heavy atom. The van der Waals surface area contributed by atoms with Crippen LogP contribution in [0.1, 0.15) is 17.3 Å². The molecular weight excluding hydrogens is 354 g/mol. The van der Waals surface area contributed by atoms with Crippen molar-refractivity contribution in [2.75, 3.05) is 10.6 Å². The molecule has 0 unspecified atom stereocenters. The molecule has 9 heteroatoms. The van der Waals surface area contributed by atoms with Gasteiger partial charge in [0, 0.05) is 35.8 Å². The van der Waals surface area contributed by atoms with E-state index in [1.165, 1.54) is 31.2 Å². The van der Waals surface area contributed by atoms with Crippen molar-refractivity contribution in [1.82, 2.24) is 0 Å². The van der Waals surface area contributed by atoms with Gasteiger partial charge in [-0.15, -0.1) is 0 Å². The Kier molecular flexibility index (Phi) is 4.67. The van der Waals surface area contributed by atoms with E-state index in [0.717, 1.165) is 0 Å². The maximum atomic E-state index is 12.4. The number of carbonyl (C=O) groups excluding carboxylic acids is 2. The second-order valence-electron chi connectivity index (χ2n) is 5.64. The third-order valence-electron chi connectivity index (χ3n) is 3.63. The van der Waals surface area contributed by atoms with Crippen LogP contribution in [0.3, 0.4) is 0 Å². The van der Waals surface area contributed by atoms with Crippen LogP contribution >= 0.6 is 0 Å². The standard InChI is InChI=1S/C18H13N3O6/c1-10(22)19-12-2-4-13(5-3-12)20-17(23)15-9-11-8-14(21(25)26)6-7-16(11)27-18(15)24/h2-9H,1H3,(H,19,22)(H,20,23). The van der Waals surface area contributed by atoms with Gasteiger partial charge in [0.25, 0.3) is 11.6 Å². The molecule has 0 aliphatic rings. The maximum absolute atomic E-state index is 12.4. The molecule has 0 fully saturated rings. The van der Waals surface area contributed by atoms with Gasteiger partial charge < -0.3 is 15.1 Å². The fourth-order valence-corrected chi connectivity index (χ4v) is 2.42. The summed E-state index contributed by atoms with van der Waals surface area (Å²) in [4.78, 5) is 45.7. The molecule has 27 heavy (non-hydrogen) atoms. The zero-order chi connectivity index (χ0) is 19.6. The number of carbonyl (C=O) groups is 2. The lowest BCUT2D eigenvalue weighted by atomic mass is 10.1. The van der Waals surface area contributed by atoms with Crippen molar-refractivity contribution in [2.24, 2.45) is 0 Å². The number of fused-ring (bicyclic) bond motifs is 1. The number of hydrogen-bond donors (Lipinski definition) is 2. The predicted molar refractivity (Wildman–Crippen MR) is 97.8 cm³/mol. The van der Waals surface area contributed by atoms with Crippen molar-refractivity contribution in [2.45, 2.75) is 6.92 Å². The number of hydrogen-bond acceptors (Lipinski definition) is 6. The third-order valence-corrected chi connectivity index (χ3v) is 3.63. The largest absolute Gasteiger partial charge is 0.422 e. The van der Waals surface area contributed by atoms with E-state index < -0.39 is 16.5 Å². The Labute approximate surface area is 151 Å². The summed E-state index contributed by atoms with van der Waals surface area (Å²) >= 11 is 0. The quantitative estimate of drug-likeness (QED) is 0.414. The van der Waals surface area contributed by atoms with Gasteiger partial charge in [0.15, 0.2) is 0 Å². The number of nitrogens with zero attached hydrogens (tertiary/aromatic N) is 1. The van der Waals surface area contributed by atoms with Crippen LogP contribution in [-0.2, 0) is 4.79 Å². The summed E-state index contributed by atoms with van der Waals surface area (Å²) in [6.07, 6.45) is 0. The first kappa shape index (κ1) is 17.8. The molecule has 2 amide bonds. The van der Waals surface area contributed by atoms with E-state index in [2.05, 4.69) is 10.6 Å². The maximum Gasteiger partial charge on any atom is 0.349 e. The minimum Gasteiger partial charge on any atom is -0.422 e. The van der Waals surface area contributed by atoms with E-state index in [0.29, 0.717) is 11.4 Å². The van der Waals surface area contributed by atoms with Gasteiger partial charge in [0.1, 0.15) is 11.1 Å². The second kappa shape index (κ2) is 7.08. The van der Waals surface area contributed by atoms with Crippen LogP contribution in [0.25, 0.3) is 11.0 Å².